The van der Waals surface area contributed by atoms with Gasteiger partial charge in [-0.1, -0.05) is 11.8 Å². The number of aromatic nitrogens is 4. The second-order valence-electron chi connectivity index (χ2n) is 8.12. The number of aryl methyl sites for hydroxylation is 2. The Morgan fingerprint density at radius 1 is 1.21 bits per heavy atom. The van der Waals surface area contributed by atoms with E-state index >= 15 is 0 Å². The summed E-state index contributed by atoms with van der Waals surface area (Å²) in [6.45, 7) is 6.71. The van der Waals surface area contributed by atoms with Crippen LogP contribution in [0.4, 0.5) is 4.39 Å². The van der Waals surface area contributed by atoms with Gasteiger partial charge < -0.3 is 14.5 Å². The lowest BCUT2D eigenvalue weighted by Gasteiger charge is -2.14. The van der Waals surface area contributed by atoms with Crippen LogP contribution in [-0.4, -0.2) is 56.6 Å². The highest BCUT2D eigenvalue weighted by Crippen LogP contribution is 2.28. The number of thioether (sulfide) groups is 1. The molecule has 0 bridgehead atoms. The van der Waals surface area contributed by atoms with Gasteiger partial charge in [0, 0.05) is 23.6 Å². The zero-order valence-corrected chi connectivity index (χ0v) is 20.2. The molecule has 10 heteroatoms. The predicted octanol–water partition coefficient (Wildman–Crippen LogP) is 4.36. The van der Waals surface area contributed by atoms with Gasteiger partial charge in [0.25, 0.3) is 0 Å². The molecule has 1 saturated heterocycles. The van der Waals surface area contributed by atoms with Crippen molar-refractivity contribution in [2.45, 2.75) is 51.4 Å². The van der Waals surface area contributed by atoms with E-state index in [9.17, 15) is 14.0 Å². The van der Waals surface area contributed by atoms with Gasteiger partial charge in [-0.2, -0.15) is 0 Å². The van der Waals surface area contributed by atoms with Gasteiger partial charge in [-0.05, 0) is 57.9 Å². The first-order chi connectivity index (χ1) is 16.4. The number of carbonyl (C=O) groups excluding carboxylic acids is 2. The minimum atomic E-state index is -0.516. The van der Waals surface area contributed by atoms with Gasteiger partial charge in [0.1, 0.15) is 5.82 Å². The number of ether oxygens (including phenoxy) is 2. The fraction of sp³-hybridized carbons (Fsp3) is 0.417. The zero-order chi connectivity index (χ0) is 24.2. The van der Waals surface area contributed by atoms with Gasteiger partial charge in [0.05, 0.1) is 36.1 Å². The molecule has 34 heavy (non-hydrogen) atoms. The minimum Gasteiger partial charge on any atom is -0.462 e. The highest BCUT2D eigenvalue weighted by molar-refractivity contribution is 7.99. The van der Waals surface area contributed by atoms with Crippen LogP contribution in [0.1, 0.15) is 51.9 Å². The Hall–Kier alpha value is -2.98. The number of hydrogen-bond acceptors (Lipinski definition) is 7. The van der Waals surface area contributed by atoms with E-state index in [0.29, 0.717) is 41.1 Å². The molecule has 0 saturated carbocycles. The van der Waals surface area contributed by atoms with Crippen molar-refractivity contribution in [1.29, 1.82) is 0 Å². The van der Waals surface area contributed by atoms with Crippen LogP contribution < -0.4 is 0 Å². The number of nitrogens with zero attached hydrogens (tertiary/aromatic N) is 3. The number of Topliss-reactive ketones (excluding diaryl/α,β-unsaturated/α-hetero) is 1. The summed E-state index contributed by atoms with van der Waals surface area (Å²) in [5, 5.41) is 9.20. The van der Waals surface area contributed by atoms with Gasteiger partial charge in [-0.25, -0.2) is 9.18 Å². The number of benzene rings is 1. The van der Waals surface area contributed by atoms with Crippen molar-refractivity contribution in [3.8, 4) is 11.4 Å². The highest BCUT2D eigenvalue weighted by atomic mass is 32.2. The molecule has 1 unspecified atom stereocenters. The van der Waals surface area contributed by atoms with Crippen molar-refractivity contribution in [2.75, 3.05) is 19.0 Å². The number of aromatic amines is 1. The van der Waals surface area contributed by atoms with Crippen molar-refractivity contribution >= 4 is 23.5 Å². The number of carbonyl (C=O) groups is 2. The lowest BCUT2D eigenvalue weighted by molar-refractivity contribution is 0.0522. The summed E-state index contributed by atoms with van der Waals surface area (Å²) in [7, 11) is 0. The average molecular weight is 487 g/mol. The topological polar surface area (TPSA) is 99.1 Å². The van der Waals surface area contributed by atoms with Gasteiger partial charge in [-0.15, -0.1) is 10.2 Å². The first kappa shape index (κ1) is 24.2. The van der Waals surface area contributed by atoms with Gasteiger partial charge in [-0.3, -0.25) is 9.36 Å². The Bertz CT molecular complexity index is 1180. The van der Waals surface area contributed by atoms with Crippen molar-refractivity contribution in [1.82, 2.24) is 19.7 Å². The Balaban J connectivity index is 1.59. The average Bonchev–Trinajstić information content (AvgIpc) is 3.53. The third kappa shape index (κ3) is 5.07. The summed E-state index contributed by atoms with van der Waals surface area (Å²) in [4.78, 5) is 28.7. The van der Waals surface area contributed by atoms with Crippen LogP contribution in [0, 0.1) is 19.7 Å². The van der Waals surface area contributed by atoms with Crippen LogP contribution in [-0.2, 0) is 16.0 Å². The quantitative estimate of drug-likeness (QED) is 0.273. The van der Waals surface area contributed by atoms with E-state index in [0.717, 1.165) is 18.4 Å². The molecular weight excluding hydrogens is 459 g/mol. The molecule has 2 aromatic heterocycles. The fourth-order valence-electron chi connectivity index (χ4n) is 4.16. The third-order valence-electron chi connectivity index (χ3n) is 5.70. The lowest BCUT2D eigenvalue weighted by atomic mass is 10.1. The maximum Gasteiger partial charge on any atom is 0.340 e. The summed E-state index contributed by atoms with van der Waals surface area (Å²) in [5.74, 6) is -0.393. The molecule has 1 aromatic carbocycles. The van der Waals surface area contributed by atoms with Crippen molar-refractivity contribution in [2.24, 2.45) is 0 Å². The molecule has 1 aliphatic rings. The molecule has 1 atom stereocenters. The predicted molar refractivity (Wildman–Crippen MR) is 126 cm³/mol. The maximum atomic E-state index is 13.4. The normalized spacial score (nSPS) is 15.6. The monoisotopic (exact) mass is 486 g/mol. The number of H-pyrrole nitrogens is 1. The van der Waals surface area contributed by atoms with E-state index in [1.807, 2.05) is 4.57 Å². The molecule has 0 spiro atoms. The van der Waals surface area contributed by atoms with Crippen molar-refractivity contribution < 1.29 is 23.5 Å². The zero-order valence-electron chi connectivity index (χ0n) is 19.4. The van der Waals surface area contributed by atoms with E-state index in [2.05, 4.69) is 15.2 Å². The van der Waals surface area contributed by atoms with Gasteiger partial charge in [0.2, 0.25) is 0 Å². The molecule has 180 valence electrons. The molecule has 0 aliphatic carbocycles. The van der Waals surface area contributed by atoms with Gasteiger partial charge in [0.15, 0.2) is 16.8 Å². The van der Waals surface area contributed by atoms with Crippen LogP contribution in [0.25, 0.3) is 11.4 Å². The first-order valence-corrected chi connectivity index (χ1v) is 12.2. The third-order valence-corrected chi connectivity index (χ3v) is 6.66. The number of ketones is 1. The summed E-state index contributed by atoms with van der Waals surface area (Å²) in [5.41, 5.74) is 2.57. The molecule has 0 amide bonds. The van der Waals surface area contributed by atoms with Crippen molar-refractivity contribution in [3.05, 3.63) is 52.6 Å². The number of hydrogen-bond donors (Lipinski definition) is 1. The maximum absolute atomic E-state index is 13.4. The molecule has 1 fully saturated rings. The summed E-state index contributed by atoms with van der Waals surface area (Å²) < 4.78 is 26.3. The van der Waals surface area contributed by atoms with E-state index in [1.165, 1.54) is 23.9 Å². The van der Waals surface area contributed by atoms with E-state index < -0.39 is 5.97 Å². The standard InChI is InChI=1S/C24H27FN4O4S/c1-4-32-23(31)21-15(3)26-14(2)20(21)19(30)13-34-24-28-27-22(16-7-9-17(25)10-8-16)29(24)12-18-6-5-11-33-18/h7-10,18,26H,4-6,11-13H2,1-3H3. The summed E-state index contributed by atoms with van der Waals surface area (Å²) in [6.07, 6.45) is 1.94. The second-order valence-corrected chi connectivity index (χ2v) is 9.06. The molecule has 1 aliphatic heterocycles. The SMILES string of the molecule is CCOC(=O)c1c(C)[nH]c(C)c1C(=O)CSc1nnc(-c2ccc(F)cc2)n1CC1CCCO1. The van der Waals surface area contributed by atoms with E-state index in [1.54, 1.807) is 32.9 Å². The summed E-state index contributed by atoms with van der Waals surface area (Å²) >= 11 is 1.25. The van der Waals surface area contributed by atoms with Crippen LogP contribution in [0.2, 0.25) is 0 Å². The molecule has 1 N–H and O–H groups in total. The van der Waals surface area contributed by atoms with Gasteiger partial charge >= 0.3 is 5.97 Å². The molecule has 0 radical (unpaired) electrons. The van der Waals surface area contributed by atoms with E-state index in [-0.39, 0.29) is 35.6 Å². The Labute approximate surface area is 201 Å². The van der Waals surface area contributed by atoms with Crippen molar-refractivity contribution in [3.63, 3.8) is 0 Å². The number of halogens is 1. The Morgan fingerprint density at radius 3 is 2.62 bits per heavy atom. The van der Waals surface area contributed by atoms with Crippen LogP contribution >= 0.6 is 11.8 Å². The molecule has 4 rings (SSSR count). The largest absolute Gasteiger partial charge is 0.462 e. The highest BCUT2D eigenvalue weighted by Gasteiger charge is 2.27. The second kappa shape index (κ2) is 10.5. The minimum absolute atomic E-state index is 0.0234. The van der Waals surface area contributed by atoms with Crippen LogP contribution in [0.15, 0.2) is 29.4 Å². The Kier molecular flexibility index (Phi) is 7.47. The molecule has 3 aromatic rings. The number of nitrogens with one attached hydrogen (secondary N) is 1. The number of rotatable bonds is 9. The number of esters is 1. The smallest absolute Gasteiger partial charge is 0.340 e. The fourth-order valence-corrected chi connectivity index (χ4v) is 4.97. The lowest BCUT2D eigenvalue weighted by Crippen LogP contribution is -2.17. The van der Waals surface area contributed by atoms with E-state index in [4.69, 9.17) is 9.47 Å². The molecular formula is C24H27FN4O4S. The van der Waals surface area contributed by atoms with Crippen LogP contribution in [0.3, 0.4) is 0 Å². The molecule has 8 nitrogen and oxygen atoms in total. The van der Waals surface area contributed by atoms with Crippen LogP contribution in [0.5, 0.6) is 0 Å². The molecule has 3 heterocycles. The first-order valence-electron chi connectivity index (χ1n) is 11.2. The Morgan fingerprint density at radius 2 is 1.94 bits per heavy atom. The summed E-state index contributed by atoms with van der Waals surface area (Å²) in [6, 6.07) is 6.07.